The van der Waals surface area contributed by atoms with Gasteiger partial charge in [0.1, 0.15) is 11.9 Å². The number of benzene rings is 2. The lowest BCUT2D eigenvalue weighted by Crippen LogP contribution is -2.17. The van der Waals surface area contributed by atoms with Gasteiger partial charge in [-0.2, -0.15) is 5.26 Å². The van der Waals surface area contributed by atoms with E-state index < -0.39 is 5.82 Å². The van der Waals surface area contributed by atoms with Crippen molar-refractivity contribution in [1.29, 1.82) is 5.26 Å². The maximum atomic E-state index is 13.6. The molecule has 4 rings (SSSR count). The first-order valence-corrected chi connectivity index (χ1v) is 7.80. The standard InChI is InChI=1S/C19H16FN3/c20-18-5-4-13(10-15(18)12-21)17-3-1-2-14-11-16-6-7-22-8-9-23(16)19(14)17/h1-5,10-11,22H,6-9H2. The number of para-hydroxylation sites is 1. The quantitative estimate of drug-likeness (QED) is 0.748. The molecule has 2 aromatic carbocycles. The summed E-state index contributed by atoms with van der Waals surface area (Å²) >= 11 is 0. The molecule has 23 heavy (non-hydrogen) atoms. The first-order valence-electron chi connectivity index (χ1n) is 7.80. The van der Waals surface area contributed by atoms with Gasteiger partial charge < -0.3 is 9.88 Å². The summed E-state index contributed by atoms with van der Waals surface area (Å²) in [6.45, 7) is 2.85. The summed E-state index contributed by atoms with van der Waals surface area (Å²) in [7, 11) is 0. The van der Waals surface area contributed by atoms with Crippen LogP contribution >= 0.6 is 0 Å². The molecule has 0 aliphatic carbocycles. The van der Waals surface area contributed by atoms with Crippen molar-refractivity contribution in [3.05, 3.63) is 59.5 Å². The van der Waals surface area contributed by atoms with E-state index in [1.807, 2.05) is 18.2 Å². The van der Waals surface area contributed by atoms with Crippen LogP contribution in [0.15, 0.2) is 42.5 Å². The lowest BCUT2D eigenvalue weighted by molar-refractivity contribution is 0.624. The number of fused-ring (bicyclic) bond motifs is 3. The van der Waals surface area contributed by atoms with Crippen LogP contribution in [0.4, 0.5) is 4.39 Å². The molecule has 0 unspecified atom stereocenters. The Kier molecular flexibility index (Phi) is 3.36. The molecule has 0 bridgehead atoms. The van der Waals surface area contributed by atoms with Gasteiger partial charge in [-0.25, -0.2) is 4.39 Å². The average molecular weight is 305 g/mol. The highest BCUT2D eigenvalue weighted by molar-refractivity contribution is 5.95. The summed E-state index contributed by atoms with van der Waals surface area (Å²) in [5.41, 5.74) is 4.50. The van der Waals surface area contributed by atoms with Gasteiger partial charge >= 0.3 is 0 Å². The van der Waals surface area contributed by atoms with Gasteiger partial charge in [-0.05, 0) is 23.8 Å². The number of nitrogens with zero attached hydrogens (tertiary/aromatic N) is 2. The number of rotatable bonds is 1. The molecule has 1 aliphatic heterocycles. The third kappa shape index (κ3) is 2.30. The van der Waals surface area contributed by atoms with Gasteiger partial charge in [-0.1, -0.05) is 24.3 Å². The minimum atomic E-state index is -0.471. The first-order chi connectivity index (χ1) is 11.3. The van der Waals surface area contributed by atoms with Crippen LogP contribution in [0.2, 0.25) is 0 Å². The van der Waals surface area contributed by atoms with E-state index in [1.165, 1.54) is 22.7 Å². The molecular formula is C19H16FN3. The zero-order chi connectivity index (χ0) is 15.8. The van der Waals surface area contributed by atoms with Crippen molar-refractivity contribution in [2.75, 3.05) is 13.1 Å². The number of halogens is 1. The Balaban J connectivity index is 1.97. The fourth-order valence-corrected chi connectivity index (χ4v) is 3.39. The highest BCUT2D eigenvalue weighted by Crippen LogP contribution is 2.32. The van der Waals surface area contributed by atoms with E-state index in [1.54, 1.807) is 12.1 Å². The topological polar surface area (TPSA) is 40.8 Å². The number of nitriles is 1. The normalized spacial score (nSPS) is 14.3. The molecule has 3 nitrogen and oxygen atoms in total. The van der Waals surface area contributed by atoms with Gasteiger partial charge in [-0.3, -0.25) is 0 Å². The third-order valence-corrected chi connectivity index (χ3v) is 4.47. The van der Waals surface area contributed by atoms with Crippen molar-refractivity contribution in [2.45, 2.75) is 13.0 Å². The zero-order valence-electron chi connectivity index (χ0n) is 12.6. The molecule has 0 fully saturated rings. The fraction of sp³-hybridized carbons (Fsp3) is 0.211. The molecule has 1 aromatic heterocycles. The van der Waals surface area contributed by atoms with Crippen LogP contribution in [0.3, 0.4) is 0 Å². The van der Waals surface area contributed by atoms with Crippen molar-refractivity contribution in [2.24, 2.45) is 0 Å². The Morgan fingerprint density at radius 2 is 2.04 bits per heavy atom. The lowest BCUT2D eigenvalue weighted by Gasteiger charge is -2.11. The molecule has 1 N–H and O–H groups in total. The van der Waals surface area contributed by atoms with Gasteiger partial charge in [0, 0.05) is 42.7 Å². The van der Waals surface area contributed by atoms with Gasteiger partial charge in [0.05, 0.1) is 11.1 Å². The molecule has 0 atom stereocenters. The first kappa shape index (κ1) is 14.0. The predicted octanol–water partition coefficient (Wildman–Crippen LogP) is 3.46. The second-order valence-electron chi connectivity index (χ2n) is 5.84. The van der Waals surface area contributed by atoms with Gasteiger partial charge in [0.2, 0.25) is 0 Å². The van der Waals surface area contributed by atoms with Gasteiger partial charge in [0.25, 0.3) is 0 Å². The summed E-state index contributed by atoms with van der Waals surface area (Å²) in [5, 5.41) is 13.7. The number of hydrogen-bond donors (Lipinski definition) is 1. The van der Waals surface area contributed by atoms with Gasteiger partial charge in [0.15, 0.2) is 0 Å². The molecule has 0 spiro atoms. The summed E-state index contributed by atoms with van der Waals surface area (Å²) in [6.07, 6.45) is 1.00. The highest BCUT2D eigenvalue weighted by Gasteiger charge is 2.15. The smallest absolute Gasteiger partial charge is 0.140 e. The van der Waals surface area contributed by atoms with E-state index in [0.717, 1.165) is 37.2 Å². The van der Waals surface area contributed by atoms with Crippen molar-refractivity contribution in [3.63, 3.8) is 0 Å². The number of nitrogens with one attached hydrogen (secondary N) is 1. The van der Waals surface area contributed by atoms with Crippen molar-refractivity contribution in [1.82, 2.24) is 9.88 Å². The third-order valence-electron chi connectivity index (χ3n) is 4.47. The Morgan fingerprint density at radius 3 is 2.91 bits per heavy atom. The van der Waals surface area contributed by atoms with E-state index in [-0.39, 0.29) is 5.56 Å². The molecular weight excluding hydrogens is 289 g/mol. The molecule has 1 aliphatic rings. The Bertz CT molecular complexity index is 934. The molecule has 0 saturated carbocycles. The Morgan fingerprint density at radius 1 is 1.13 bits per heavy atom. The second-order valence-corrected chi connectivity index (χ2v) is 5.84. The molecule has 0 radical (unpaired) electrons. The molecule has 114 valence electrons. The minimum Gasteiger partial charge on any atom is -0.343 e. The summed E-state index contributed by atoms with van der Waals surface area (Å²) in [6, 6.07) is 15.1. The number of hydrogen-bond acceptors (Lipinski definition) is 2. The Hall–Kier alpha value is -2.64. The van der Waals surface area contributed by atoms with E-state index in [4.69, 9.17) is 5.26 Å². The summed E-state index contributed by atoms with van der Waals surface area (Å²) in [4.78, 5) is 0. The van der Waals surface area contributed by atoms with Gasteiger partial charge in [-0.15, -0.1) is 0 Å². The van der Waals surface area contributed by atoms with Crippen LogP contribution in [0.1, 0.15) is 11.3 Å². The van der Waals surface area contributed by atoms with Crippen LogP contribution in [0, 0.1) is 17.1 Å². The number of aromatic nitrogens is 1. The fourth-order valence-electron chi connectivity index (χ4n) is 3.39. The van der Waals surface area contributed by atoms with E-state index >= 15 is 0 Å². The van der Waals surface area contributed by atoms with Crippen LogP contribution in [0.5, 0.6) is 0 Å². The van der Waals surface area contributed by atoms with Crippen LogP contribution in [0.25, 0.3) is 22.0 Å². The van der Waals surface area contributed by atoms with Crippen LogP contribution < -0.4 is 5.32 Å². The van der Waals surface area contributed by atoms with E-state index in [9.17, 15) is 4.39 Å². The second kappa shape index (κ2) is 5.53. The molecule has 0 amide bonds. The zero-order valence-corrected chi connectivity index (χ0v) is 12.6. The van der Waals surface area contributed by atoms with E-state index in [0.29, 0.717) is 0 Å². The van der Waals surface area contributed by atoms with Crippen molar-refractivity contribution in [3.8, 4) is 17.2 Å². The molecule has 0 saturated heterocycles. The lowest BCUT2D eigenvalue weighted by atomic mass is 10.0. The van der Waals surface area contributed by atoms with Crippen LogP contribution in [-0.2, 0) is 13.0 Å². The molecule has 3 aromatic rings. The van der Waals surface area contributed by atoms with Crippen LogP contribution in [-0.4, -0.2) is 17.7 Å². The molecule has 4 heteroatoms. The summed E-state index contributed by atoms with van der Waals surface area (Å²) in [5.74, 6) is -0.471. The van der Waals surface area contributed by atoms with E-state index in [2.05, 4.69) is 22.0 Å². The molecule has 2 heterocycles. The predicted molar refractivity (Wildman–Crippen MR) is 88.6 cm³/mol. The maximum absolute atomic E-state index is 13.6. The minimum absolute atomic E-state index is 0.0869. The van der Waals surface area contributed by atoms with Crippen molar-refractivity contribution >= 4 is 10.9 Å². The monoisotopic (exact) mass is 305 g/mol. The maximum Gasteiger partial charge on any atom is 0.140 e. The van der Waals surface area contributed by atoms with Crippen molar-refractivity contribution < 1.29 is 4.39 Å². The SMILES string of the molecule is N#Cc1cc(-c2cccc3cc4n(c23)CCNCC4)ccc1F. The summed E-state index contributed by atoms with van der Waals surface area (Å²) < 4.78 is 16.0. The average Bonchev–Trinajstić information content (AvgIpc) is 2.77. The largest absolute Gasteiger partial charge is 0.343 e. The Labute approximate surface area is 134 Å². The highest BCUT2D eigenvalue weighted by atomic mass is 19.1.